The number of hydrogen-bond acceptors (Lipinski definition) is 2. The van der Waals surface area contributed by atoms with Gasteiger partial charge in [-0.2, -0.15) is 0 Å². The molecule has 0 radical (unpaired) electrons. The van der Waals surface area contributed by atoms with Crippen molar-refractivity contribution in [2.45, 2.75) is 38.5 Å². The smallest absolute Gasteiger partial charge is 0.121 e. The summed E-state index contributed by atoms with van der Waals surface area (Å²) in [6.45, 7) is 3.02. The summed E-state index contributed by atoms with van der Waals surface area (Å²) in [7, 11) is 0. The zero-order valence-electron chi connectivity index (χ0n) is 11.9. The van der Waals surface area contributed by atoms with Crippen LogP contribution in [0.25, 0.3) is 0 Å². The van der Waals surface area contributed by atoms with Crippen LogP contribution in [0.1, 0.15) is 37.0 Å². The van der Waals surface area contributed by atoms with Gasteiger partial charge >= 0.3 is 0 Å². The molecule has 0 spiro atoms. The average Bonchev–Trinajstić information content (AvgIpc) is 3.31. The zero-order valence-corrected chi connectivity index (χ0v) is 11.9. The Morgan fingerprint density at radius 2 is 1.90 bits per heavy atom. The van der Waals surface area contributed by atoms with Crippen molar-refractivity contribution in [2.24, 2.45) is 0 Å². The number of hydrogen-bond donors (Lipinski definition) is 1. The van der Waals surface area contributed by atoms with Gasteiger partial charge in [-0.1, -0.05) is 42.5 Å². The Kier molecular flexibility index (Phi) is 4.03. The van der Waals surface area contributed by atoms with Crippen molar-refractivity contribution in [3.8, 4) is 5.75 Å². The lowest BCUT2D eigenvalue weighted by atomic mass is 10.1. The van der Waals surface area contributed by atoms with Crippen molar-refractivity contribution in [3.63, 3.8) is 0 Å². The van der Waals surface area contributed by atoms with Crippen LogP contribution in [0.4, 0.5) is 0 Å². The summed E-state index contributed by atoms with van der Waals surface area (Å²) in [5.41, 5.74) is 2.49. The molecule has 1 aliphatic rings. The Labute approximate surface area is 120 Å². The number of ether oxygens (including phenoxy) is 1. The summed E-state index contributed by atoms with van der Waals surface area (Å²) in [4.78, 5) is 0. The second kappa shape index (κ2) is 6.10. The number of nitrogens with one attached hydrogen (secondary N) is 1. The van der Waals surface area contributed by atoms with E-state index in [1.165, 1.54) is 24.0 Å². The third-order valence-corrected chi connectivity index (χ3v) is 3.65. The lowest BCUT2D eigenvalue weighted by Gasteiger charge is -2.15. The summed E-state index contributed by atoms with van der Waals surface area (Å²) < 4.78 is 6.04. The van der Waals surface area contributed by atoms with E-state index in [1.54, 1.807) is 0 Å². The van der Waals surface area contributed by atoms with Gasteiger partial charge in [0.25, 0.3) is 0 Å². The van der Waals surface area contributed by atoms with E-state index in [1.807, 2.05) is 24.3 Å². The standard InChI is InChI=1S/C18H21NO/c1-14(16-7-3-2-4-8-16)20-18-9-5-6-15(12-18)13-19-17-10-11-17/h2-9,12,14,17,19H,10-11,13H2,1H3. The molecule has 2 aromatic rings. The topological polar surface area (TPSA) is 21.3 Å². The van der Waals surface area contributed by atoms with Crippen LogP contribution in [-0.4, -0.2) is 6.04 Å². The third-order valence-electron chi connectivity index (χ3n) is 3.65. The van der Waals surface area contributed by atoms with Gasteiger partial charge in [-0.25, -0.2) is 0 Å². The fourth-order valence-electron chi connectivity index (χ4n) is 2.27. The Hall–Kier alpha value is -1.80. The van der Waals surface area contributed by atoms with Crippen LogP contribution in [-0.2, 0) is 6.54 Å². The quantitative estimate of drug-likeness (QED) is 0.851. The molecular weight excluding hydrogens is 246 g/mol. The fourth-order valence-corrected chi connectivity index (χ4v) is 2.27. The third kappa shape index (κ3) is 3.61. The van der Waals surface area contributed by atoms with Gasteiger partial charge in [0.1, 0.15) is 11.9 Å². The first-order chi connectivity index (χ1) is 9.81. The molecule has 0 bridgehead atoms. The molecular formula is C18H21NO. The van der Waals surface area contributed by atoms with Gasteiger partial charge in [-0.3, -0.25) is 0 Å². The van der Waals surface area contributed by atoms with E-state index in [9.17, 15) is 0 Å². The second-order valence-corrected chi connectivity index (χ2v) is 5.47. The lowest BCUT2D eigenvalue weighted by molar-refractivity contribution is 0.226. The molecule has 2 aromatic carbocycles. The van der Waals surface area contributed by atoms with E-state index in [2.05, 4.69) is 42.6 Å². The highest BCUT2D eigenvalue weighted by Crippen LogP contribution is 2.23. The maximum Gasteiger partial charge on any atom is 0.121 e. The maximum absolute atomic E-state index is 6.04. The van der Waals surface area contributed by atoms with Crippen LogP contribution in [0.2, 0.25) is 0 Å². The Bertz CT molecular complexity index is 548. The first-order valence-electron chi connectivity index (χ1n) is 7.35. The SMILES string of the molecule is CC(Oc1cccc(CNC2CC2)c1)c1ccccc1. The molecule has 104 valence electrons. The van der Waals surface area contributed by atoms with Crippen molar-refractivity contribution in [1.82, 2.24) is 5.32 Å². The predicted molar refractivity (Wildman–Crippen MR) is 81.8 cm³/mol. The fraction of sp³-hybridized carbons (Fsp3) is 0.333. The van der Waals surface area contributed by atoms with E-state index < -0.39 is 0 Å². The molecule has 0 saturated heterocycles. The van der Waals surface area contributed by atoms with Crippen molar-refractivity contribution < 1.29 is 4.74 Å². The molecule has 0 heterocycles. The van der Waals surface area contributed by atoms with Gasteiger partial charge in [-0.15, -0.1) is 0 Å². The van der Waals surface area contributed by atoms with Crippen molar-refractivity contribution in [2.75, 3.05) is 0 Å². The largest absolute Gasteiger partial charge is 0.486 e. The van der Waals surface area contributed by atoms with Crippen molar-refractivity contribution >= 4 is 0 Å². The molecule has 2 heteroatoms. The van der Waals surface area contributed by atoms with Crippen LogP contribution >= 0.6 is 0 Å². The van der Waals surface area contributed by atoms with Gasteiger partial charge in [-0.05, 0) is 43.0 Å². The normalized spacial score (nSPS) is 15.8. The minimum absolute atomic E-state index is 0.0721. The highest BCUT2D eigenvalue weighted by Gasteiger charge is 2.19. The summed E-state index contributed by atoms with van der Waals surface area (Å²) in [6, 6.07) is 19.4. The van der Waals surface area contributed by atoms with Gasteiger partial charge in [0.05, 0.1) is 0 Å². The summed E-state index contributed by atoms with van der Waals surface area (Å²) in [6.07, 6.45) is 2.71. The molecule has 1 fully saturated rings. The lowest BCUT2D eigenvalue weighted by Crippen LogP contribution is -2.15. The molecule has 0 amide bonds. The summed E-state index contributed by atoms with van der Waals surface area (Å²) in [5, 5.41) is 3.53. The van der Waals surface area contributed by atoms with Gasteiger partial charge < -0.3 is 10.1 Å². The van der Waals surface area contributed by atoms with Crippen LogP contribution in [0.5, 0.6) is 5.75 Å². The van der Waals surface area contributed by atoms with Crippen molar-refractivity contribution in [1.29, 1.82) is 0 Å². The van der Waals surface area contributed by atoms with Gasteiger partial charge in [0, 0.05) is 12.6 Å². The molecule has 0 aliphatic heterocycles. The first-order valence-corrected chi connectivity index (χ1v) is 7.35. The van der Waals surface area contributed by atoms with Crippen LogP contribution in [0.15, 0.2) is 54.6 Å². The minimum Gasteiger partial charge on any atom is -0.486 e. The predicted octanol–water partition coefficient (Wildman–Crippen LogP) is 4.08. The van der Waals surface area contributed by atoms with E-state index in [4.69, 9.17) is 4.74 Å². The minimum atomic E-state index is 0.0721. The van der Waals surface area contributed by atoms with Gasteiger partial charge in [0.15, 0.2) is 0 Å². The Morgan fingerprint density at radius 3 is 2.65 bits per heavy atom. The van der Waals surface area contributed by atoms with Crippen molar-refractivity contribution in [3.05, 3.63) is 65.7 Å². The average molecular weight is 267 g/mol. The van der Waals surface area contributed by atoms with E-state index in [0.29, 0.717) is 0 Å². The molecule has 1 atom stereocenters. The molecule has 3 rings (SSSR count). The molecule has 0 aromatic heterocycles. The Morgan fingerprint density at radius 1 is 1.10 bits per heavy atom. The molecule has 1 unspecified atom stereocenters. The first kappa shape index (κ1) is 13.2. The Balaban J connectivity index is 1.62. The molecule has 1 N–H and O–H groups in total. The molecule has 1 saturated carbocycles. The van der Waals surface area contributed by atoms with Gasteiger partial charge in [0.2, 0.25) is 0 Å². The van der Waals surface area contributed by atoms with E-state index in [-0.39, 0.29) is 6.10 Å². The number of benzene rings is 2. The maximum atomic E-state index is 6.04. The monoisotopic (exact) mass is 267 g/mol. The second-order valence-electron chi connectivity index (χ2n) is 5.47. The molecule has 1 aliphatic carbocycles. The summed E-state index contributed by atoms with van der Waals surface area (Å²) >= 11 is 0. The molecule has 2 nitrogen and oxygen atoms in total. The van der Waals surface area contributed by atoms with E-state index >= 15 is 0 Å². The molecule has 20 heavy (non-hydrogen) atoms. The number of rotatable bonds is 6. The van der Waals surface area contributed by atoms with E-state index in [0.717, 1.165) is 18.3 Å². The summed E-state index contributed by atoms with van der Waals surface area (Å²) in [5.74, 6) is 0.941. The van der Waals surface area contributed by atoms with Crippen LogP contribution in [0.3, 0.4) is 0 Å². The highest BCUT2D eigenvalue weighted by molar-refractivity contribution is 5.29. The highest BCUT2D eigenvalue weighted by atomic mass is 16.5. The van der Waals surface area contributed by atoms with Crippen LogP contribution in [0, 0.1) is 0 Å². The zero-order chi connectivity index (χ0) is 13.8. The van der Waals surface area contributed by atoms with Crippen LogP contribution < -0.4 is 10.1 Å².